The van der Waals surface area contributed by atoms with Gasteiger partial charge < -0.3 is 0 Å². The zero-order valence-corrected chi connectivity index (χ0v) is 10.5. The van der Waals surface area contributed by atoms with Crippen molar-refractivity contribution in [1.82, 2.24) is 9.97 Å². The zero-order chi connectivity index (χ0) is 11.1. The van der Waals surface area contributed by atoms with Crippen LogP contribution in [-0.4, -0.2) is 9.97 Å². The van der Waals surface area contributed by atoms with Gasteiger partial charge in [-0.05, 0) is 31.2 Å². The first-order valence-corrected chi connectivity index (χ1v) is 6.64. The molecule has 3 rings (SSSR count). The first kappa shape index (κ1) is 10.2. The van der Waals surface area contributed by atoms with E-state index in [1.165, 1.54) is 12.8 Å². The van der Waals surface area contributed by atoms with E-state index in [1.807, 2.05) is 6.92 Å². The predicted molar refractivity (Wildman–Crippen MR) is 67.1 cm³/mol. The number of hydrogen-bond acceptors (Lipinski definition) is 3. The molecular formula is C12H11ClN2S. The summed E-state index contributed by atoms with van der Waals surface area (Å²) in [6.07, 6.45) is 2.39. The number of thiophene rings is 1. The Morgan fingerprint density at radius 2 is 2.19 bits per heavy atom. The Morgan fingerprint density at radius 1 is 1.38 bits per heavy atom. The van der Waals surface area contributed by atoms with Crippen LogP contribution in [0.2, 0.25) is 5.15 Å². The number of hydrogen-bond donors (Lipinski definition) is 0. The van der Waals surface area contributed by atoms with Crippen molar-refractivity contribution in [2.45, 2.75) is 25.7 Å². The molecule has 0 unspecified atom stereocenters. The van der Waals surface area contributed by atoms with Crippen LogP contribution in [0.1, 0.15) is 30.1 Å². The third-order valence-electron chi connectivity index (χ3n) is 2.84. The van der Waals surface area contributed by atoms with Gasteiger partial charge in [0, 0.05) is 22.4 Å². The van der Waals surface area contributed by atoms with Gasteiger partial charge in [-0.1, -0.05) is 11.6 Å². The van der Waals surface area contributed by atoms with E-state index in [0.29, 0.717) is 11.1 Å². The molecule has 2 aromatic rings. The molecule has 4 heteroatoms. The Morgan fingerprint density at radius 3 is 2.81 bits per heavy atom. The van der Waals surface area contributed by atoms with Gasteiger partial charge in [0.05, 0.1) is 5.69 Å². The van der Waals surface area contributed by atoms with Gasteiger partial charge >= 0.3 is 0 Å². The van der Waals surface area contributed by atoms with E-state index in [9.17, 15) is 0 Å². The van der Waals surface area contributed by atoms with Crippen LogP contribution in [0, 0.1) is 6.92 Å². The summed E-state index contributed by atoms with van der Waals surface area (Å²) in [4.78, 5) is 9.01. The Kier molecular flexibility index (Phi) is 2.45. The molecule has 0 bridgehead atoms. The Bertz CT molecular complexity index is 518. The van der Waals surface area contributed by atoms with E-state index in [0.717, 1.165) is 22.6 Å². The summed E-state index contributed by atoms with van der Waals surface area (Å²) < 4.78 is 0. The van der Waals surface area contributed by atoms with Crippen LogP contribution >= 0.6 is 22.9 Å². The van der Waals surface area contributed by atoms with Crippen LogP contribution in [0.3, 0.4) is 0 Å². The molecule has 0 aromatic carbocycles. The maximum atomic E-state index is 6.16. The topological polar surface area (TPSA) is 25.8 Å². The van der Waals surface area contributed by atoms with Crippen molar-refractivity contribution >= 4 is 22.9 Å². The predicted octanol–water partition coefficient (Wildman–Crippen LogP) is 4.04. The van der Waals surface area contributed by atoms with E-state index in [-0.39, 0.29) is 0 Å². The molecule has 1 aliphatic carbocycles. The van der Waals surface area contributed by atoms with Gasteiger partial charge in [0.25, 0.3) is 0 Å². The van der Waals surface area contributed by atoms with E-state index in [2.05, 4.69) is 26.8 Å². The number of rotatable bonds is 2. The molecule has 0 amide bonds. The quantitative estimate of drug-likeness (QED) is 0.752. The van der Waals surface area contributed by atoms with Gasteiger partial charge in [-0.3, -0.25) is 0 Å². The molecule has 82 valence electrons. The second kappa shape index (κ2) is 3.82. The minimum Gasteiger partial charge on any atom is -0.232 e. The molecule has 2 aromatic heterocycles. The average molecular weight is 251 g/mol. The molecule has 0 radical (unpaired) electrons. The molecule has 2 nitrogen and oxygen atoms in total. The molecule has 0 N–H and O–H groups in total. The fraction of sp³-hybridized carbons (Fsp3) is 0.333. The number of halogens is 1. The van der Waals surface area contributed by atoms with Crippen LogP contribution in [0.25, 0.3) is 11.3 Å². The molecule has 1 fully saturated rings. The van der Waals surface area contributed by atoms with Gasteiger partial charge in [0.2, 0.25) is 0 Å². The highest BCUT2D eigenvalue weighted by Crippen LogP contribution is 2.40. The lowest BCUT2D eigenvalue weighted by Gasteiger charge is -2.07. The van der Waals surface area contributed by atoms with Gasteiger partial charge in [0.15, 0.2) is 0 Å². The highest BCUT2D eigenvalue weighted by Gasteiger charge is 2.28. The fourth-order valence-corrected chi connectivity index (χ4v) is 2.53. The van der Waals surface area contributed by atoms with Crippen molar-refractivity contribution in [3.05, 3.63) is 33.4 Å². The maximum absolute atomic E-state index is 6.16. The first-order valence-electron chi connectivity index (χ1n) is 5.32. The smallest absolute Gasteiger partial charge is 0.136 e. The number of aromatic nitrogens is 2. The summed E-state index contributed by atoms with van der Waals surface area (Å²) >= 11 is 7.84. The zero-order valence-electron chi connectivity index (χ0n) is 8.90. The monoisotopic (exact) mass is 250 g/mol. The highest BCUT2D eigenvalue weighted by atomic mass is 35.5. The second-order valence-corrected chi connectivity index (χ2v) is 5.27. The third kappa shape index (κ3) is 1.74. The maximum Gasteiger partial charge on any atom is 0.136 e. The molecule has 1 aliphatic rings. The largest absolute Gasteiger partial charge is 0.232 e. The Balaban J connectivity index is 2.15. The Hall–Kier alpha value is -0.930. The van der Waals surface area contributed by atoms with Gasteiger partial charge in [-0.25, -0.2) is 9.97 Å². The summed E-state index contributed by atoms with van der Waals surface area (Å²) in [7, 11) is 0. The van der Waals surface area contributed by atoms with Crippen LogP contribution in [0.15, 0.2) is 16.8 Å². The van der Waals surface area contributed by atoms with Crippen LogP contribution in [0.5, 0.6) is 0 Å². The molecule has 2 heterocycles. The van der Waals surface area contributed by atoms with Gasteiger partial charge in [-0.2, -0.15) is 11.3 Å². The van der Waals surface area contributed by atoms with Crippen molar-refractivity contribution in [2.24, 2.45) is 0 Å². The van der Waals surface area contributed by atoms with Gasteiger partial charge in [-0.15, -0.1) is 0 Å². The third-order valence-corrected chi connectivity index (χ3v) is 3.89. The van der Waals surface area contributed by atoms with Gasteiger partial charge in [0.1, 0.15) is 11.0 Å². The van der Waals surface area contributed by atoms with E-state index in [1.54, 1.807) is 11.3 Å². The van der Waals surface area contributed by atoms with Crippen LogP contribution < -0.4 is 0 Å². The minimum atomic E-state index is 0.537. The lowest BCUT2D eigenvalue weighted by molar-refractivity contribution is 0.922. The van der Waals surface area contributed by atoms with Crippen molar-refractivity contribution in [3.63, 3.8) is 0 Å². The standard InChI is InChI=1S/C12H11ClN2S/c1-7-10(9-4-5-16-6-9)14-12(8-2-3-8)15-11(7)13/h4-6,8H,2-3H2,1H3. The molecule has 0 spiro atoms. The summed E-state index contributed by atoms with van der Waals surface area (Å²) in [5.41, 5.74) is 3.11. The Labute approximate surface area is 103 Å². The van der Waals surface area contributed by atoms with Crippen molar-refractivity contribution in [1.29, 1.82) is 0 Å². The molecule has 1 saturated carbocycles. The average Bonchev–Trinajstić information content (AvgIpc) is 2.98. The highest BCUT2D eigenvalue weighted by molar-refractivity contribution is 7.08. The normalized spacial score (nSPS) is 15.4. The summed E-state index contributed by atoms with van der Waals surface area (Å²) in [6, 6.07) is 2.08. The summed E-state index contributed by atoms with van der Waals surface area (Å²) in [6.45, 7) is 1.98. The van der Waals surface area contributed by atoms with Crippen LogP contribution in [0.4, 0.5) is 0 Å². The van der Waals surface area contributed by atoms with Crippen molar-refractivity contribution in [3.8, 4) is 11.3 Å². The molecule has 0 saturated heterocycles. The second-order valence-electron chi connectivity index (χ2n) is 4.13. The van der Waals surface area contributed by atoms with Crippen molar-refractivity contribution < 1.29 is 0 Å². The van der Waals surface area contributed by atoms with Crippen LogP contribution in [-0.2, 0) is 0 Å². The summed E-state index contributed by atoms with van der Waals surface area (Å²) in [5.74, 6) is 1.45. The lowest BCUT2D eigenvalue weighted by atomic mass is 10.1. The lowest BCUT2D eigenvalue weighted by Crippen LogP contribution is -1.98. The summed E-state index contributed by atoms with van der Waals surface area (Å²) in [5, 5.41) is 4.75. The van der Waals surface area contributed by atoms with E-state index < -0.39 is 0 Å². The SMILES string of the molecule is Cc1c(Cl)nc(C2CC2)nc1-c1ccsc1. The molecule has 16 heavy (non-hydrogen) atoms. The van der Waals surface area contributed by atoms with Crippen molar-refractivity contribution in [2.75, 3.05) is 0 Å². The molecular weight excluding hydrogens is 240 g/mol. The van der Waals surface area contributed by atoms with E-state index in [4.69, 9.17) is 11.6 Å². The van der Waals surface area contributed by atoms with E-state index >= 15 is 0 Å². The molecule has 0 aliphatic heterocycles. The fourth-order valence-electron chi connectivity index (χ4n) is 1.71. The first-order chi connectivity index (χ1) is 7.75. The minimum absolute atomic E-state index is 0.537. The number of nitrogens with zero attached hydrogens (tertiary/aromatic N) is 2. The molecule has 0 atom stereocenters.